The van der Waals surface area contributed by atoms with Crippen molar-refractivity contribution in [2.75, 3.05) is 6.61 Å². The Labute approximate surface area is 141 Å². The lowest BCUT2D eigenvalue weighted by atomic mass is 9.55. The molecule has 1 heteroatoms. The van der Waals surface area contributed by atoms with Crippen LogP contribution in [0.4, 0.5) is 0 Å². The molecule has 0 saturated heterocycles. The molecule has 0 spiro atoms. The van der Waals surface area contributed by atoms with Gasteiger partial charge in [0.1, 0.15) is 5.75 Å². The molecule has 2 saturated carbocycles. The van der Waals surface area contributed by atoms with Crippen molar-refractivity contribution < 1.29 is 4.74 Å². The van der Waals surface area contributed by atoms with Gasteiger partial charge in [0.15, 0.2) is 0 Å². The van der Waals surface area contributed by atoms with Gasteiger partial charge in [-0.1, -0.05) is 24.6 Å². The molecule has 4 rings (SSSR count). The fourth-order valence-corrected chi connectivity index (χ4v) is 6.14. The molecule has 0 heterocycles. The van der Waals surface area contributed by atoms with Crippen LogP contribution < -0.4 is 4.74 Å². The average Bonchev–Trinajstić information content (AvgIpc) is 2.91. The molecule has 0 aromatic heterocycles. The Morgan fingerprint density at radius 1 is 1.22 bits per heavy atom. The van der Waals surface area contributed by atoms with E-state index < -0.39 is 0 Å². The molecule has 0 aliphatic heterocycles. The monoisotopic (exact) mass is 310 g/mol. The van der Waals surface area contributed by atoms with Gasteiger partial charge in [0, 0.05) is 0 Å². The maximum absolute atomic E-state index is 5.71. The number of fused-ring (bicyclic) bond motifs is 5. The summed E-state index contributed by atoms with van der Waals surface area (Å²) in [5.74, 6) is 3.66. The minimum absolute atomic E-state index is 0.499. The van der Waals surface area contributed by atoms with Crippen molar-refractivity contribution in [3.63, 3.8) is 0 Å². The molecular weight excluding hydrogens is 280 g/mol. The van der Waals surface area contributed by atoms with Crippen LogP contribution in [0, 0.1) is 17.3 Å². The minimum atomic E-state index is 0.499. The van der Waals surface area contributed by atoms with Gasteiger partial charge in [-0.05, 0) is 98.8 Å². The number of ether oxygens (including phenoxy) is 1. The van der Waals surface area contributed by atoms with Crippen molar-refractivity contribution in [3.05, 3.63) is 41.0 Å². The summed E-state index contributed by atoms with van der Waals surface area (Å²) in [4.78, 5) is 0. The number of hydrogen-bond donors (Lipinski definition) is 0. The van der Waals surface area contributed by atoms with Gasteiger partial charge in [0.2, 0.25) is 0 Å². The third-order valence-electron chi connectivity index (χ3n) is 7.21. The van der Waals surface area contributed by atoms with Crippen molar-refractivity contribution in [1.29, 1.82) is 0 Å². The van der Waals surface area contributed by atoms with Crippen LogP contribution in [0.15, 0.2) is 29.8 Å². The van der Waals surface area contributed by atoms with E-state index in [2.05, 4.69) is 45.0 Å². The number of aryl methyl sites for hydroxylation is 1. The Kier molecular flexibility index (Phi) is 3.78. The first-order valence-electron chi connectivity index (χ1n) is 9.58. The summed E-state index contributed by atoms with van der Waals surface area (Å²) in [5.41, 5.74) is 5.45. The number of allylic oxidation sites excluding steroid dienone is 2. The highest BCUT2D eigenvalue weighted by Gasteiger charge is 2.52. The third kappa shape index (κ3) is 2.27. The molecule has 0 radical (unpaired) electrons. The van der Waals surface area contributed by atoms with Crippen molar-refractivity contribution in [2.45, 2.75) is 65.2 Å². The fraction of sp³-hybridized carbons (Fsp3) is 0.636. The average molecular weight is 310 g/mol. The molecule has 1 nitrogen and oxygen atoms in total. The Hall–Kier alpha value is -1.24. The number of hydrogen-bond acceptors (Lipinski definition) is 1. The van der Waals surface area contributed by atoms with E-state index in [1.807, 2.05) is 0 Å². The zero-order valence-electron chi connectivity index (χ0n) is 14.9. The normalized spacial score (nSPS) is 37.2. The van der Waals surface area contributed by atoms with Gasteiger partial charge in [-0.2, -0.15) is 0 Å². The first-order chi connectivity index (χ1) is 11.2. The molecule has 3 aliphatic carbocycles. The SMILES string of the molecule is CC=C1CC[C@H]2[C@@H]3CCc4cc(OCC)ccc4[C@H]3CC[C@]12C. The molecular formula is C22H30O. The maximum atomic E-state index is 5.71. The van der Waals surface area contributed by atoms with E-state index in [1.54, 1.807) is 16.7 Å². The number of rotatable bonds is 2. The fourth-order valence-electron chi connectivity index (χ4n) is 6.14. The zero-order valence-corrected chi connectivity index (χ0v) is 14.9. The molecule has 4 atom stereocenters. The summed E-state index contributed by atoms with van der Waals surface area (Å²) in [6.45, 7) is 7.64. The van der Waals surface area contributed by atoms with Crippen LogP contribution in [0.3, 0.4) is 0 Å². The van der Waals surface area contributed by atoms with Crippen LogP contribution in [-0.4, -0.2) is 6.61 Å². The van der Waals surface area contributed by atoms with Gasteiger partial charge in [0.05, 0.1) is 6.61 Å². The van der Waals surface area contributed by atoms with Gasteiger partial charge >= 0.3 is 0 Å². The lowest BCUT2D eigenvalue weighted by Crippen LogP contribution is -2.40. The van der Waals surface area contributed by atoms with Crippen molar-refractivity contribution in [1.82, 2.24) is 0 Å². The van der Waals surface area contributed by atoms with Crippen LogP contribution in [0.1, 0.15) is 69.9 Å². The van der Waals surface area contributed by atoms with Crippen molar-refractivity contribution in [3.8, 4) is 5.75 Å². The highest BCUT2D eigenvalue weighted by atomic mass is 16.5. The van der Waals surface area contributed by atoms with Gasteiger partial charge in [-0.25, -0.2) is 0 Å². The summed E-state index contributed by atoms with van der Waals surface area (Å²) in [5, 5.41) is 0. The lowest BCUT2D eigenvalue weighted by Gasteiger charge is -2.49. The van der Waals surface area contributed by atoms with Crippen LogP contribution in [0.2, 0.25) is 0 Å². The van der Waals surface area contributed by atoms with E-state index in [4.69, 9.17) is 4.74 Å². The summed E-state index contributed by atoms with van der Waals surface area (Å²) >= 11 is 0. The molecule has 0 bridgehead atoms. The van der Waals surface area contributed by atoms with E-state index in [0.717, 1.165) is 30.1 Å². The quantitative estimate of drug-likeness (QED) is 0.619. The molecule has 1 aromatic rings. The van der Waals surface area contributed by atoms with E-state index in [9.17, 15) is 0 Å². The smallest absolute Gasteiger partial charge is 0.119 e. The molecule has 3 aliphatic rings. The predicted molar refractivity (Wildman–Crippen MR) is 96.0 cm³/mol. The van der Waals surface area contributed by atoms with E-state index in [0.29, 0.717) is 5.41 Å². The maximum Gasteiger partial charge on any atom is 0.119 e. The minimum Gasteiger partial charge on any atom is -0.494 e. The molecule has 2 fully saturated rings. The van der Waals surface area contributed by atoms with Crippen molar-refractivity contribution >= 4 is 0 Å². The molecule has 0 amide bonds. The largest absolute Gasteiger partial charge is 0.494 e. The topological polar surface area (TPSA) is 9.23 Å². The second-order valence-corrected chi connectivity index (χ2v) is 8.02. The highest BCUT2D eigenvalue weighted by Crippen LogP contribution is 2.62. The molecule has 1 aromatic carbocycles. The Morgan fingerprint density at radius 3 is 2.87 bits per heavy atom. The summed E-state index contributed by atoms with van der Waals surface area (Å²) in [6, 6.07) is 6.89. The second-order valence-electron chi connectivity index (χ2n) is 8.02. The van der Waals surface area contributed by atoms with Crippen LogP contribution in [-0.2, 0) is 6.42 Å². The number of benzene rings is 1. The van der Waals surface area contributed by atoms with Gasteiger partial charge in [-0.3, -0.25) is 0 Å². The zero-order chi connectivity index (χ0) is 16.0. The predicted octanol–water partition coefficient (Wildman–Crippen LogP) is 5.89. The second kappa shape index (κ2) is 5.69. The van der Waals surface area contributed by atoms with Gasteiger partial charge in [-0.15, -0.1) is 0 Å². The van der Waals surface area contributed by atoms with E-state index in [-0.39, 0.29) is 0 Å². The summed E-state index contributed by atoms with van der Waals surface area (Å²) < 4.78 is 5.71. The Bertz CT molecular complexity index is 629. The lowest BCUT2D eigenvalue weighted by molar-refractivity contribution is 0.0813. The first kappa shape index (κ1) is 15.3. The standard InChI is InChI=1S/C22H30O/c1-4-16-7-11-21-20-9-6-15-14-17(23-5-2)8-10-18(15)19(20)12-13-22(16,21)3/h4,8,10,14,19-21H,5-7,9,11-13H2,1-3H3/t19-,20-,21+,22-/m1/s1. The van der Waals surface area contributed by atoms with Gasteiger partial charge < -0.3 is 4.74 Å². The first-order valence-corrected chi connectivity index (χ1v) is 9.58. The van der Waals surface area contributed by atoms with Crippen LogP contribution in [0.25, 0.3) is 0 Å². The van der Waals surface area contributed by atoms with E-state index in [1.165, 1.54) is 38.5 Å². The summed E-state index contributed by atoms with van der Waals surface area (Å²) in [6.07, 6.45) is 10.6. The molecule has 23 heavy (non-hydrogen) atoms. The van der Waals surface area contributed by atoms with Gasteiger partial charge in [0.25, 0.3) is 0 Å². The summed E-state index contributed by atoms with van der Waals surface area (Å²) in [7, 11) is 0. The molecule has 0 unspecified atom stereocenters. The Balaban J connectivity index is 1.65. The van der Waals surface area contributed by atoms with Crippen LogP contribution >= 0.6 is 0 Å². The highest BCUT2D eigenvalue weighted by molar-refractivity contribution is 5.41. The van der Waals surface area contributed by atoms with E-state index >= 15 is 0 Å². The molecule has 0 N–H and O–H groups in total. The van der Waals surface area contributed by atoms with Crippen LogP contribution in [0.5, 0.6) is 5.75 Å². The Morgan fingerprint density at radius 2 is 2.09 bits per heavy atom. The van der Waals surface area contributed by atoms with Crippen molar-refractivity contribution in [2.24, 2.45) is 17.3 Å². The molecule has 124 valence electrons. The third-order valence-corrected chi connectivity index (χ3v) is 7.21.